The minimum atomic E-state index is 1.13. The Labute approximate surface area is 754 Å². The Morgan fingerprint density at radius 2 is 0.277 bits per heavy atom. The number of aromatic nitrogens is 4. The first-order chi connectivity index (χ1) is 64.4. The van der Waals surface area contributed by atoms with Crippen LogP contribution in [0.15, 0.2) is 510 Å². The van der Waals surface area contributed by atoms with E-state index in [4.69, 9.17) is 0 Å². The predicted molar refractivity (Wildman–Crippen MR) is 550 cm³/mol. The SMILES string of the molecule is c1ccc(-c2cc(-c3ccccc3)cc(-c3ccc(-n4c5ccccc5c5ccc(-c6ccc7c8ccccc8n(-c8cccc(-c9ccccc9)c8)c7c6)cc54)cc3)c2)cc1.c1ccc(-c2cccc(-c3ccc(-n4c5ccccc5c5cc(-c6ccc7c(c6)c6ccccc6n7-c6ccc(-c7cc(-c8ccccc8)cc(-c8ccccc8)c7)cc6)ccc54)cc3)c2)cc1. The molecule has 4 aromatic heterocycles. The van der Waals surface area contributed by atoms with Gasteiger partial charge in [0.15, 0.2) is 0 Å². The molecule has 0 aliphatic heterocycles. The van der Waals surface area contributed by atoms with Gasteiger partial charge in [-0.1, -0.05) is 358 Å². The monoisotopic (exact) mass is 1650 g/mol. The molecule has 0 unspecified atom stereocenters. The number of hydrogen-bond donors (Lipinski definition) is 0. The van der Waals surface area contributed by atoms with Crippen molar-refractivity contribution in [2.75, 3.05) is 0 Å². The number of fused-ring (bicyclic) bond motifs is 12. The van der Waals surface area contributed by atoms with E-state index in [1.54, 1.807) is 0 Å². The Kier molecular flexibility index (Phi) is 19.3. The van der Waals surface area contributed by atoms with Gasteiger partial charge in [-0.3, -0.25) is 0 Å². The second-order valence-electron chi connectivity index (χ2n) is 33.9. The maximum absolute atomic E-state index is 2.43. The minimum Gasteiger partial charge on any atom is -0.309 e. The lowest BCUT2D eigenvalue weighted by molar-refractivity contribution is 1.18. The van der Waals surface area contributed by atoms with Crippen LogP contribution in [0.3, 0.4) is 0 Å². The fourth-order valence-corrected chi connectivity index (χ4v) is 19.9. The van der Waals surface area contributed by atoms with E-state index in [0.717, 1.165) is 22.7 Å². The molecule has 4 heterocycles. The highest BCUT2D eigenvalue weighted by Crippen LogP contribution is 2.45. The number of para-hydroxylation sites is 4. The highest BCUT2D eigenvalue weighted by atomic mass is 15.0. The second kappa shape index (κ2) is 32.7. The fraction of sp³-hybridized carbons (Fsp3) is 0. The largest absolute Gasteiger partial charge is 0.309 e. The topological polar surface area (TPSA) is 19.7 Å². The molecule has 25 aromatic rings. The van der Waals surface area contributed by atoms with Gasteiger partial charge in [0.2, 0.25) is 0 Å². The maximum Gasteiger partial charge on any atom is 0.0547 e. The summed E-state index contributed by atoms with van der Waals surface area (Å²) in [7, 11) is 0. The predicted octanol–water partition coefficient (Wildman–Crippen LogP) is 34.1. The van der Waals surface area contributed by atoms with E-state index < -0.39 is 0 Å². The van der Waals surface area contributed by atoms with Crippen LogP contribution in [0.2, 0.25) is 0 Å². The van der Waals surface area contributed by atoms with Crippen LogP contribution in [-0.4, -0.2) is 18.3 Å². The minimum absolute atomic E-state index is 1.13. The van der Waals surface area contributed by atoms with Crippen LogP contribution in [-0.2, 0) is 0 Å². The van der Waals surface area contributed by atoms with Gasteiger partial charge in [-0.15, -0.1) is 0 Å². The van der Waals surface area contributed by atoms with Crippen molar-refractivity contribution in [1.29, 1.82) is 0 Å². The van der Waals surface area contributed by atoms with Gasteiger partial charge in [0.1, 0.15) is 0 Å². The Morgan fingerprint density at radius 1 is 0.0846 bits per heavy atom. The van der Waals surface area contributed by atoms with E-state index in [9.17, 15) is 0 Å². The molecule has 0 amide bonds. The molecule has 4 heteroatoms. The Hall–Kier alpha value is -17.2. The van der Waals surface area contributed by atoms with Crippen LogP contribution in [0, 0.1) is 0 Å². The average molecular weight is 1650 g/mol. The zero-order chi connectivity index (χ0) is 86.0. The molecule has 0 radical (unpaired) electrons. The van der Waals surface area contributed by atoms with E-state index >= 15 is 0 Å². The summed E-state index contributed by atoms with van der Waals surface area (Å²) in [6.07, 6.45) is 0. The van der Waals surface area contributed by atoms with E-state index in [2.05, 4.69) is 528 Å². The van der Waals surface area contributed by atoms with Gasteiger partial charge < -0.3 is 18.3 Å². The molecule has 0 saturated carbocycles. The van der Waals surface area contributed by atoms with Crippen LogP contribution in [0.5, 0.6) is 0 Å². The van der Waals surface area contributed by atoms with Gasteiger partial charge >= 0.3 is 0 Å². The number of hydrogen-bond acceptors (Lipinski definition) is 0. The summed E-state index contributed by atoms with van der Waals surface area (Å²) >= 11 is 0. The van der Waals surface area contributed by atoms with Crippen LogP contribution >= 0.6 is 0 Å². The first kappa shape index (κ1) is 76.5. The van der Waals surface area contributed by atoms with Gasteiger partial charge in [-0.2, -0.15) is 0 Å². The first-order valence-electron chi connectivity index (χ1n) is 44.7. The highest BCUT2D eigenvalue weighted by molar-refractivity contribution is 6.15. The molecular formula is C126H84N4. The summed E-state index contributed by atoms with van der Waals surface area (Å²) in [5.74, 6) is 0. The molecular weight excluding hydrogens is 1570 g/mol. The van der Waals surface area contributed by atoms with Crippen molar-refractivity contribution in [3.05, 3.63) is 510 Å². The normalized spacial score (nSPS) is 11.5. The zero-order valence-corrected chi connectivity index (χ0v) is 71.3. The maximum atomic E-state index is 2.43. The number of rotatable bonds is 15. The molecule has 608 valence electrons. The zero-order valence-electron chi connectivity index (χ0n) is 71.3. The standard InChI is InChI=1S/C66H44N2.C60H40N2/c1-4-15-45(16-5-1)50-21-14-22-51(39-50)48-27-33-57(34-28-48)67-63-25-12-10-23-59(63)61-43-52(31-37-65(61)67)53-32-38-66-62(44-53)60-24-11-13-26-64(60)68(66)58-35-29-49(30-36-58)56-41-54(46-17-6-2-7-18-46)40-55(42-56)47-19-8-3-9-20-47;1-4-15-41(16-5-1)45-21-14-22-52(38-45)62-58-26-13-11-24-54(58)56-34-30-47(40-60(56)62)46-29-33-55-53-23-10-12-25-57(53)61(59(55)39-46)51-31-27-44(28-32-51)50-36-48(42-17-6-2-7-18-42)35-49(37-50)43-19-8-3-9-20-43/h1-44H;1-40H. The lowest BCUT2D eigenvalue weighted by atomic mass is 9.93. The summed E-state index contributed by atoms with van der Waals surface area (Å²) in [6, 6.07) is 186. The van der Waals surface area contributed by atoms with Crippen molar-refractivity contribution >= 4 is 87.2 Å². The molecule has 0 fully saturated rings. The van der Waals surface area contributed by atoms with Gasteiger partial charge in [0.25, 0.3) is 0 Å². The van der Waals surface area contributed by atoms with Gasteiger partial charge in [-0.05, 0) is 274 Å². The molecule has 0 saturated heterocycles. The smallest absolute Gasteiger partial charge is 0.0547 e. The molecule has 25 rings (SSSR count). The molecule has 4 nitrogen and oxygen atoms in total. The summed E-state index contributed by atoms with van der Waals surface area (Å²) in [4.78, 5) is 0. The first-order valence-corrected chi connectivity index (χ1v) is 44.7. The van der Waals surface area contributed by atoms with Crippen molar-refractivity contribution < 1.29 is 0 Å². The van der Waals surface area contributed by atoms with Crippen LogP contribution in [0.25, 0.3) is 232 Å². The van der Waals surface area contributed by atoms with Crippen molar-refractivity contribution in [2.45, 2.75) is 0 Å². The van der Waals surface area contributed by atoms with Gasteiger partial charge in [-0.25, -0.2) is 0 Å². The van der Waals surface area contributed by atoms with E-state index in [0.29, 0.717) is 0 Å². The summed E-state index contributed by atoms with van der Waals surface area (Å²) in [6.45, 7) is 0. The molecule has 0 spiro atoms. The van der Waals surface area contributed by atoms with Gasteiger partial charge in [0.05, 0.1) is 44.1 Å². The third kappa shape index (κ3) is 14.0. The Bertz CT molecular complexity index is 8460. The van der Waals surface area contributed by atoms with E-state index in [1.807, 2.05) is 0 Å². The Morgan fingerprint density at radius 3 is 0.608 bits per heavy atom. The molecule has 0 aliphatic carbocycles. The van der Waals surface area contributed by atoms with Crippen molar-refractivity contribution in [3.8, 4) is 145 Å². The average Bonchev–Trinajstić information content (AvgIpc) is 1.58. The van der Waals surface area contributed by atoms with Crippen LogP contribution in [0.1, 0.15) is 0 Å². The van der Waals surface area contributed by atoms with Crippen molar-refractivity contribution in [2.24, 2.45) is 0 Å². The summed E-state index contributed by atoms with van der Waals surface area (Å²) in [5.41, 5.74) is 40.6. The summed E-state index contributed by atoms with van der Waals surface area (Å²) in [5, 5.41) is 9.95. The molecule has 0 atom stereocenters. The second-order valence-corrected chi connectivity index (χ2v) is 33.9. The fourth-order valence-electron chi connectivity index (χ4n) is 19.9. The lowest BCUT2D eigenvalue weighted by Crippen LogP contribution is -1.95. The third-order valence-electron chi connectivity index (χ3n) is 26.2. The van der Waals surface area contributed by atoms with Gasteiger partial charge in [0, 0.05) is 65.8 Å². The number of benzene rings is 21. The quantitative estimate of drug-likeness (QED) is 0.0975. The molecule has 0 bridgehead atoms. The molecule has 0 aliphatic rings. The van der Waals surface area contributed by atoms with Crippen LogP contribution < -0.4 is 0 Å². The van der Waals surface area contributed by atoms with Crippen molar-refractivity contribution in [3.63, 3.8) is 0 Å². The molecule has 21 aromatic carbocycles. The lowest BCUT2D eigenvalue weighted by Gasteiger charge is -2.13. The number of nitrogens with zero attached hydrogens (tertiary/aromatic N) is 4. The third-order valence-corrected chi connectivity index (χ3v) is 26.2. The molecule has 0 N–H and O–H groups in total. The molecule has 130 heavy (non-hydrogen) atoms. The van der Waals surface area contributed by atoms with E-state index in [-0.39, 0.29) is 0 Å². The van der Waals surface area contributed by atoms with E-state index in [1.165, 1.54) is 210 Å². The Balaban J connectivity index is 0.000000145. The van der Waals surface area contributed by atoms with Crippen molar-refractivity contribution in [1.82, 2.24) is 18.3 Å². The highest BCUT2D eigenvalue weighted by Gasteiger charge is 2.22. The van der Waals surface area contributed by atoms with Crippen LogP contribution in [0.4, 0.5) is 0 Å². The summed E-state index contributed by atoms with van der Waals surface area (Å²) < 4.78 is 9.67.